The predicted molar refractivity (Wildman–Crippen MR) is 119 cm³/mol. The minimum atomic E-state index is -0.259. The average molecular weight is 427 g/mol. The van der Waals surface area contributed by atoms with Crippen molar-refractivity contribution in [2.24, 2.45) is 0 Å². The van der Waals surface area contributed by atoms with Crippen LogP contribution in [0.5, 0.6) is 0 Å². The molecular formula is C24H21N5O3. The molecule has 4 heterocycles. The number of imidazole rings is 1. The van der Waals surface area contributed by atoms with Gasteiger partial charge in [0.2, 0.25) is 0 Å². The molecule has 5 rings (SSSR count). The van der Waals surface area contributed by atoms with Crippen LogP contribution in [0.4, 0.5) is 5.69 Å². The van der Waals surface area contributed by atoms with E-state index in [0.29, 0.717) is 46.8 Å². The summed E-state index contributed by atoms with van der Waals surface area (Å²) in [6.07, 6.45) is 8.53. The van der Waals surface area contributed by atoms with Gasteiger partial charge < -0.3 is 18.8 Å². The number of hydrogen-bond donors (Lipinski definition) is 1. The maximum Gasteiger partial charge on any atom is 0.259 e. The van der Waals surface area contributed by atoms with Gasteiger partial charge in [0.25, 0.3) is 11.6 Å². The van der Waals surface area contributed by atoms with Crippen LogP contribution in [-0.2, 0) is 13.0 Å². The summed E-state index contributed by atoms with van der Waals surface area (Å²) in [5, 5.41) is 7.80. The fourth-order valence-corrected chi connectivity index (χ4v) is 3.68. The molecule has 0 aliphatic rings. The van der Waals surface area contributed by atoms with Gasteiger partial charge in [-0.1, -0.05) is 30.6 Å². The predicted octanol–water partition coefficient (Wildman–Crippen LogP) is 4.93. The lowest BCUT2D eigenvalue weighted by atomic mass is 10.1. The van der Waals surface area contributed by atoms with Crippen molar-refractivity contribution in [3.8, 4) is 11.5 Å². The lowest BCUT2D eigenvalue weighted by Gasteiger charge is -2.10. The van der Waals surface area contributed by atoms with Gasteiger partial charge in [0.05, 0.1) is 29.2 Å². The molecule has 5 aromatic rings. The van der Waals surface area contributed by atoms with Gasteiger partial charge in [-0.05, 0) is 42.3 Å². The summed E-state index contributed by atoms with van der Waals surface area (Å²) in [5.41, 5.74) is 3.76. The Morgan fingerprint density at radius 2 is 2.12 bits per heavy atom. The van der Waals surface area contributed by atoms with Crippen LogP contribution in [0, 0.1) is 0 Å². The molecule has 0 aliphatic heterocycles. The van der Waals surface area contributed by atoms with Gasteiger partial charge in [-0.15, -0.1) is 0 Å². The fourth-order valence-electron chi connectivity index (χ4n) is 3.68. The van der Waals surface area contributed by atoms with Crippen LogP contribution in [0.1, 0.15) is 35.0 Å². The molecule has 160 valence electrons. The highest BCUT2D eigenvalue weighted by molar-refractivity contribution is 6.13. The topological polar surface area (TPSA) is 99.0 Å². The normalized spacial score (nSPS) is 11.2. The van der Waals surface area contributed by atoms with Crippen LogP contribution < -0.4 is 5.32 Å². The zero-order chi connectivity index (χ0) is 21.9. The third-order valence-corrected chi connectivity index (χ3v) is 5.13. The Balaban J connectivity index is 1.50. The number of anilines is 1. The first-order valence-electron chi connectivity index (χ1n) is 10.4. The second-order valence-corrected chi connectivity index (χ2v) is 7.48. The second kappa shape index (κ2) is 8.50. The van der Waals surface area contributed by atoms with E-state index >= 15 is 0 Å². The Kier molecular flexibility index (Phi) is 5.25. The van der Waals surface area contributed by atoms with Gasteiger partial charge >= 0.3 is 0 Å². The van der Waals surface area contributed by atoms with Gasteiger partial charge in [-0.25, -0.2) is 9.97 Å². The smallest absolute Gasteiger partial charge is 0.259 e. The van der Waals surface area contributed by atoms with Crippen LogP contribution in [-0.4, -0.2) is 25.6 Å². The maximum absolute atomic E-state index is 13.4. The molecule has 1 N–H and O–H groups in total. The summed E-state index contributed by atoms with van der Waals surface area (Å²) in [5.74, 6) is 0.294. The largest absolute Gasteiger partial charge is 0.463 e. The summed E-state index contributed by atoms with van der Waals surface area (Å²) in [6.45, 7) is 2.72. The number of aryl methyl sites for hydroxylation is 1. The number of furan rings is 1. The molecule has 0 radical (unpaired) electrons. The Labute approximate surface area is 183 Å². The third-order valence-electron chi connectivity index (χ3n) is 5.13. The van der Waals surface area contributed by atoms with E-state index in [9.17, 15) is 4.79 Å². The molecule has 0 unspecified atom stereocenters. The number of pyridine rings is 1. The molecule has 8 heteroatoms. The zero-order valence-electron chi connectivity index (χ0n) is 17.5. The Morgan fingerprint density at radius 3 is 2.91 bits per heavy atom. The highest BCUT2D eigenvalue weighted by Gasteiger charge is 2.21. The van der Waals surface area contributed by atoms with Crippen molar-refractivity contribution >= 4 is 22.7 Å². The van der Waals surface area contributed by atoms with Crippen molar-refractivity contribution in [2.45, 2.75) is 26.3 Å². The molecule has 4 aromatic heterocycles. The number of aromatic nitrogens is 4. The number of nitrogens with zero attached hydrogens (tertiary/aromatic N) is 4. The summed E-state index contributed by atoms with van der Waals surface area (Å²) < 4.78 is 12.9. The number of rotatable bonds is 7. The van der Waals surface area contributed by atoms with Crippen LogP contribution in [0.2, 0.25) is 0 Å². The van der Waals surface area contributed by atoms with Gasteiger partial charge in [-0.2, -0.15) is 0 Å². The van der Waals surface area contributed by atoms with E-state index in [2.05, 4.69) is 27.4 Å². The van der Waals surface area contributed by atoms with E-state index in [1.54, 1.807) is 37.0 Å². The molecule has 0 fully saturated rings. The molecule has 1 aromatic carbocycles. The van der Waals surface area contributed by atoms with Crippen molar-refractivity contribution in [2.75, 3.05) is 5.32 Å². The Morgan fingerprint density at radius 1 is 1.19 bits per heavy atom. The van der Waals surface area contributed by atoms with Crippen LogP contribution >= 0.6 is 0 Å². The van der Waals surface area contributed by atoms with E-state index in [1.807, 2.05) is 35.0 Å². The third kappa shape index (κ3) is 3.90. The molecular weight excluding hydrogens is 406 g/mol. The number of carbonyl (C=O) groups excluding carboxylic acids is 1. The van der Waals surface area contributed by atoms with Crippen LogP contribution in [0.15, 0.2) is 76.4 Å². The van der Waals surface area contributed by atoms with Crippen LogP contribution in [0.3, 0.4) is 0 Å². The molecule has 0 bridgehead atoms. The zero-order valence-corrected chi connectivity index (χ0v) is 17.5. The molecule has 32 heavy (non-hydrogen) atoms. The summed E-state index contributed by atoms with van der Waals surface area (Å²) in [7, 11) is 0. The van der Waals surface area contributed by atoms with Gasteiger partial charge in [0.15, 0.2) is 5.76 Å². The Hall–Kier alpha value is -4.20. The quantitative estimate of drug-likeness (QED) is 0.395. The van der Waals surface area contributed by atoms with Crippen molar-refractivity contribution in [3.05, 3.63) is 84.3 Å². The summed E-state index contributed by atoms with van der Waals surface area (Å²) in [4.78, 5) is 22.0. The van der Waals surface area contributed by atoms with Crippen molar-refractivity contribution in [1.82, 2.24) is 19.7 Å². The highest BCUT2D eigenvalue weighted by Crippen LogP contribution is 2.29. The second-order valence-electron chi connectivity index (χ2n) is 7.48. The van der Waals surface area contributed by atoms with Crippen LogP contribution in [0.25, 0.3) is 22.6 Å². The van der Waals surface area contributed by atoms with E-state index in [-0.39, 0.29) is 5.91 Å². The first-order chi connectivity index (χ1) is 15.7. The molecule has 0 saturated carbocycles. The highest BCUT2D eigenvalue weighted by atomic mass is 16.5. The number of benzene rings is 1. The lowest BCUT2D eigenvalue weighted by molar-refractivity contribution is 0.102. The molecule has 0 atom stereocenters. The fraction of sp³-hybridized carbons (Fsp3) is 0.167. The first kappa shape index (κ1) is 19.7. The number of carbonyl (C=O) groups is 1. The van der Waals surface area contributed by atoms with E-state index in [4.69, 9.17) is 8.94 Å². The number of nitrogens with one attached hydrogen (secondary N) is 1. The number of hydrogen-bond acceptors (Lipinski definition) is 6. The van der Waals surface area contributed by atoms with E-state index in [0.717, 1.165) is 17.7 Å². The van der Waals surface area contributed by atoms with Gasteiger partial charge in [0.1, 0.15) is 5.69 Å². The minimum Gasteiger partial charge on any atom is -0.463 e. The van der Waals surface area contributed by atoms with Gasteiger partial charge in [-0.3, -0.25) is 4.79 Å². The molecule has 1 amide bonds. The maximum atomic E-state index is 13.4. The standard InChI is InChI=1S/C24H21N5O3/c1-2-5-19-22-18(13-20(21-8-4-11-31-21)27-24(22)32-28-19)23(30)26-17-7-3-6-16(12-17)14-29-10-9-25-15-29/h3-4,6-13,15H,2,5,14H2,1H3,(H,26,30). The Bertz CT molecular complexity index is 1350. The van der Waals surface area contributed by atoms with Crippen molar-refractivity contribution in [1.29, 1.82) is 0 Å². The number of fused-ring (bicyclic) bond motifs is 1. The molecule has 8 nitrogen and oxygen atoms in total. The number of amides is 1. The lowest BCUT2D eigenvalue weighted by Crippen LogP contribution is -2.13. The van der Waals surface area contributed by atoms with Crippen molar-refractivity contribution in [3.63, 3.8) is 0 Å². The molecule has 0 spiro atoms. The minimum absolute atomic E-state index is 0.259. The summed E-state index contributed by atoms with van der Waals surface area (Å²) >= 11 is 0. The average Bonchev–Trinajstić information content (AvgIpc) is 3.56. The van der Waals surface area contributed by atoms with E-state index in [1.165, 1.54) is 0 Å². The van der Waals surface area contributed by atoms with E-state index < -0.39 is 0 Å². The SMILES string of the molecule is CCCc1noc2nc(-c3ccco3)cc(C(=O)Nc3cccc(Cn4ccnc4)c3)c12. The summed E-state index contributed by atoms with van der Waals surface area (Å²) in [6, 6.07) is 13.0. The molecule has 0 aliphatic carbocycles. The monoisotopic (exact) mass is 427 g/mol. The first-order valence-corrected chi connectivity index (χ1v) is 10.4. The van der Waals surface area contributed by atoms with Crippen molar-refractivity contribution < 1.29 is 13.7 Å². The molecule has 0 saturated heterocycles. The van der Waals surface area contributed by atoms with Gasteiger partial charge in [0, 0.05) is 24.6 Å².